The van der Waals surface area contributed by atoms with Crippen LogP contribution in [0.15, 0.2) is 46.0 Å². The number of nitrogens with one attached hydrogen (secondary N) is 1. The molecule has 6 nitrogen and oxygen atoms in total. The molecule has 1 amide bonds. The summed E-state index contributed by atoms with van der Waals surface area (Å²) in [6, 6.07) is 6.75. The lowest BCUT2D eigenvalue weighted by atomic mass is 10.2. The third kappa shape index (κ3) is 4.67. The van der Waals surface area contributed by atoms with Crippen molar-refractivity contribution in [1.82, 2.24) is 14.5 Å². The van der Waals surface area contributed by atoms with Crippen LogP contribution >= 0.6 is 11.3 Å². The first kappa shape index (κ1) is 19.0. The molecule has 140 valence electrons. The third-order valence-electron chi connectivity index (χ3n) is 4.25. The van der Waals surface area contributed by atoms with Gasteiger partial charge in [-0.3, -0.25) is 9.69 Å². The molecule has 0 aliphatic carbocycles. The Bertz CT molecular complexity index is 848. The minimum absolute atomic E-state index is 0.0395. The largest absolute Gasteiger partial charge is 0.336 e. The fourth-order valence-corrected chi connectivity index (χ4v) is 4.48. The van der Waals surface area contributed by atoms with E-state index in [4.69, 9.17) is 0 Å². The molecule has 1 aromatic heterocycles. The summed E-state index contributed by atoms with van der Waals surface area (Å²) in [6.07, 6.45) is 0. The van der Waals surface area contributed by atoms with E-state index in [9.17, 15) is 17.6 Å². The Morgan fingerprint density at radius 3 is 2.62 bits per heavy atom. The van der Waals surface area contributed by atoms with E-state index in [0.29, 0.717) is 38.3 Å². The minimum Gasteiger partial charge on any atom is -0.336 e. The van der Waals surface area contributed by atoms with Crippen molar-refractivity contribution in [3.05, 3.63) is 52.5 Å². The molecule has 1 aromatic carbocycles. The fraction of sp³-hybridized carbons (Fsp3) is 0.353. The van der Waals surface area contributed by atoms with Gasteiger partial charge in [-0.1, -0.05) is 6.07 Å². The summed E-state index contributed by atoms with van der Waals surface area (Å²) >= 11 is 1.50. The number of hydrogen-bond donors (Lipinski definition) is 1. The molecule has 1 saturated heterocycles. The van der Waals surface area contributed by atoms with Crippen LogP contribution in [0.3, 0.4) is 0 Å². The molecule has 0 atom stereocenters. The molecule has 0 radical (unpaired) electrons. The standard InChI is InChI=1S/C17H20FN3O3S2/c18-15-2-1-3-16(12-15)26(23,24)19-5-6-20-7-9-21(10-8-20)17(22)14-4-11-25-13-14/h1-4,11-13,19H,5-10H2. The van der Waals surface area contributed by atoms with Crippen LogP contribution in [0.5, 0.6) is 0 Å². The normalized spacial score (nSPS) is 16.0. The van der Waals surface area contributed by atoms with Gasteiger partial charge in [0.15, 0.2) is 0 Å². The SMILES string of the molecule is O=C(c1ccsc1)N1CCN(CCNS(=O)(=O)c2cccc(F)c2)CC1. The van der Waals surface area contributed by atoms with Gasteiger partial charge >= 0.3 is 0 Å². The zero-order valence-corrected chi connectivity index (χ0v) is 15.7. The van der Waals surface area contributed by atoms with Gasteiger partial charge in [-0.05, 0) is 29.6 Å². The van der Waals surface area contributed by atoms with Crippen LogP contribution in [0.1, 0.15) is 10.4 Å². The van der Waals surface area contributed by atoms with Crippen LogP contribution in [0.2, 0.25) is 0 Å². The highest BCUT2D eigenvalue weighted by molar-refractivity contribution is 7.89. The monoisotopic (exact) mass is 397 g/mol. The zero-order valence-electron chi connectivity index (χ0n) is 14.1. The quantitative estimate of drug-likeness (QED) is 0.804. The van der Waals surface area contributed by atoms with Crippen LogP contribution in [-0.2, 0) is 10.0 Å². The Balaban J connectivity index is 1.45. The highest BCUT2D eigenvalue weighted by atomic mass is 32.2. The van der Waals surface area contributed by atoms with E-state index in [2.05, 4.69) is 9.62 Å². The Morgan fingerprint density at radius 1 is 1.19 bits per heavy atom. The molecule has 0 spiro atoms. The number of piperazine rings is 1. The van der Waals surface area contributed by atoms with Crippen LogP contribution in [0, 0.1) is 5.82 Å². The van der Waals surface area contributed by atoms with Crippen molar-refractivity contribution in [1.29, 1.82) is 0 Å². The number of carbonyl (C=O) groups excluding carboxylic acids is 1. The second-order valence-corrected chi connectivity index (χ2v) is 8.55. The molecule has 2 heterocycles. The van der Waals surface area contributed by atoms with Crippen molar-refractivity contribution in [2.24, 2.45) is 0 Å². The molecule has 26 heavy (non-hydrogen) atoms. The van der Waals surface area contributed by atoms with Gasteiger partial charge in [-0.25, -0.2) is 17.5 Å². The molecule has 0 unspecified atom stereocenters. The second kappa shape index (κ2) is 8.26. The van der Waals surface area contributed by atoms with Gasteiger partial charge in [0.05, 0.1) is 10.5 Å². The number of nitrogens with zero attached hydrogens (tertiary/aromatic N) is 2. The molecule has 1 N–H and O–H groups in total. The average Bonchev–Trinajstić information content (AvgIpc) is 3.16. The smallest absolute Gasteiger partial charge is 0.254 e. The highest BCUT2D eigenvalue weighted by Gasteiger charge is 2.22. The van der Waals surface area contributed by atoms with Crippen LogP contribution in [-0.4, -0.2) is 63.4 Å². The van der Waals surface area contributed by atoms with Crippen molar-refractivity contribution in [3.8, 4) is 0 Å². The Labute approximate surface area is 156 Å². The summed E-state index contributed by atoms with van der Waals surface area (Å²) in [5.41, 5.74) is 0.714. The highest BCUT2D eigenvalue weighted by Crippen LogP contribution is 2.12. The molecular formula is C17H20FN3O3S2. The first-order valence-electron chi connectivity index (χ1n) is 8.25. The van der Waals surface area contributed by atoms with Crippen molar-refractivity contribution in [3.63, 3.8) is 0 Å². The van der Waals surface area contributed by atoms with Crippen molar-refractivity contribution in [2.45, 2.75) is 4.90 Å². The molecule has 1 aliphatic rings. The summed E-state index contributed by atoms with van der Waals surface area (Å²) in [4.78, 5) is 16.1. The predicted molar refractivity (Wildman–Crippen MR) is 98.3 cm³/mol. The minimum atomic E-state index is -3.72. The van der Waals surface area contributed by atoms with Crippen molar-refractivity contribution < 1.29 is 17.6 Å². The predicted octanol–water partition coefficient (Wildman–Crippen LogP) is 1.62. The van der Waals surface area contributed by atoms with Crippen molar-refractivity contribution in [2.75, 3.05) is 39.3 Å². The number of benzene rings is 1. The summed E-state index contributed by atoms with van der Waals surface area (Å²) in [5, 5.41) is 3.73. The van der Waals surface area contributed by atoms with Crippen LogP contribution in [0.25, 0.3) is 0 Å². The van der Waals surface area contributed by atoms with Gasteiger partial charge in [0, 0.05) is 44.6 Å². The summed E-state index contributed by atoms with van der Waals surface area (Å²) < 4.78 is 40.0. The summed E-state index contributed by atoms with van der Waals surface area (Å²) in [7, 11) is -3.72. The van der Waals surface area contributed by atoms with Gasteiger partial charge in [0.2, 0.25) is 10.0 Å². The lowest BCUT2D eigenvalue weighted by Crippen LogP contribution is -2.50. The van der Waals surface area contributed by atoms with Crippen molar-refractivity contribution >= 4 is 27.3 Å². The Morgan fingerprint density at radius 2 is 1.96 bits per heavy atom. The maximum atomic E-state index is 13.2. The number of rotatable bonds is 6. The van der Waals surface area contributed by atoms with Gasteiger partial charge in [0.25, 0.3) is 5.91 Å². The van der Waals surface area contributed by atoms with Gasteiger partial charge < -0.3 is 4.90 Å². The summed E-state index contributed by atoms with van der Waals surface area (Å²) in [5.74, 6) is -0.544. The van der Waals surface area contributed by atoms with E-state index in [1.165, 1.54) is 29.5 Å². The number of thiophene rings is 1. The number of carbonyl (C=O) groups is 1. The molecule has 2 aromatic rings. The maximum absolute atomic E-state index is 13.2. The molecule has 3 rings (SSSR count). The Kier molecular flexibility index (Phi) is 6.02. The molecule has 0 bridgehead atoms. The first-order chi connectivity index (χ1) is 12.5. The fourth-order valence-electron chi connectivity index (χ4n) is 2.80. The molecule has 0 saturated carbocycles. The lowest BCUT2D eigenvalue weighted by molar-refractivity contribution is 0.0640. The van der Waals surface area contributed by atoms with E-state index in [-0.39, 0.29) is 17.3 Å². The maximum Gasteiger partial charge on any atom is 0.254 e. The number of sulfonamides is 1. The lowest BCUT2D eigenvalue weighted by Gasteiger charge is -2.34. The Hall–Kier alpha value is -1.81. The zero-order chi connectivity index (χ0) is 18.6. The molecule has 1 fully saturated rings. The number of halogens is 1. The number of hydrogen-bond acceptors (Lipinski definition) is 5. The molecule has 1 aliphatic heterocycles. The topological polar surface area (TPSA) is 69.7 Å². The van der Waals surface area contributed by atoms with E-state index in [1.54, 1.807) is 0 Å². The number of amides is 1. The van der Waals surface area contributed by atoms with Gasteiger partial charge in [-0.2, -0.15) is 11.3 Å². The van der Waals surface area contributed by atoms with E-state index < -0.39 is 15.8 Å². The van der Waals surface area contributed by atoms with Crippen LogP contribution < -0.4 is 4.72 Å². The van der Waals surface area contributed by atoms with Gasteiger partial charge in [-0.15, -0.1) is 0 Å². The average molecular weight is 397 g/mol. The second-order valence-electron chi connectivity index (χ2n) is 6.00. The first-order valence-corrected chi connectivity index (χ1v) is 10.7. The molecular weight excluding hydrogens is 377 g/mol. The summed E-state index contributed by atoms with van der Waals surface area (Å²) in [6.45, 7) is 3.39. The van der Waals surface area contributed by atoms with E-state index >= 15 is 0 Å². The van der Waals surface area contributed by atoms with E-state index in [0.717, 1.165) is 6.07 Å². The van der Waals surface area contributed by atoms with Crippen LogP contribution in [0.4, 0.5) is 4.39 Å². The third-order valence-corrected chi connectivity index (χ3v) is 6.40. The molecule has 9 heteroatoms. The van der Waals surface area contributed by atoms with E-state index in [1.807, 2.05) is 21.7 Å². The van der Waals surface area contributed by atoms with Gasteiger partial charge in [0.1, 0.15) is 5.82 Å².